The molecule has 1 aliphatic rings. The van der Waals surface area contributed by atoms with Crippen LogP contribution in [0, 0.1) is 0 Å². The molecule has 0 bridgehead atoms. The predicted octanol–water partition coefficient (Wildman–Crippen LogP) is 4.58. The first-order chi connectivity index (χ1) is 13.3. The van der Waals surface area contributed by atoms with Crippen LogP contribution in [0.3, 0.4) is 0 Å². The molecule has 5 rings (SSSR count). The third-order valence-electron chi connectivity index (χ3n) is 5.73. The molecule has 1 unspecified atom stereocenters. The number of oxazole rings is 1. The summed E-state index contributed by atoms with van der Waals surface area (Å²) in [5.74, 6) is -0.267. The lowest BCUT2D eigenvalue weighted by Crippen LogP contribution is -2.29. The van der Waals surface area contributed by atoms with Crippen LogP contribution < -0.4 is 5.76 Å². The highest BCUT2D eigenvalue weighted by Gasteiger charge is 2.27. The molecule has 4 aromatic rings. The number of para-hydroxylation sites is 2. The topological polar surface area (TPSA) is 38.4 Å². The van der Waals surface area contributed by atoms with Gasteiger partial charge in [0.05, 0.1) is 5.52 Å². The van der Waals surface area contributed by atoms with E-state index in [9.17, 15) is 4.79 Å². The maximum atomic E-state index is 12.2. The maximum absolute atomic E-state index is 12.2. The molecule has 4 heteroatoms. The highest BCUT2D eigenvalue weighted by molar-refractivity contribution is 5.86. The highest BCUT2D eigenvalue weighted by Crippen LogP contribution is 2.35. The fourth-order valence-corrected chi connectivity index (χ4v) is 4.44. The number of fused-ring (bicyclic) bond motifs is 2. The average Bonchev–Trinajstić information content (AvgIpc) is 3.29. The van der Waals surface area contributed by atoms with Gasteiger partial charge in [-0.25, -0.2) is 4.79 Å². The Balaban J connectivity index is 1.43. The standard InChI is InChI=1S/C23H22N2O2/c26-23-25(21-11-3-4-13-22(21)27-23)16-15-24-14-6-12-20(24)19-10-5-8-17-7-1-2-9-18(17)19/h1-5,7-11,13,20H,6,12,14-16H2. The van der Waals surface area contributed by atoms with Gasteiger partial charge in [-0.05, 0) is 47.9 Å². The zero-order valence-corrected chi connectivity index (χ0v) is 15.2. The first-order valence-electron chi connectivity index (χ1n) is 9.61. The lowest BCUT2D eigenvalue weighted by atomic mass is 9.97. The summed E-state index contributed by atoms with van der Waals surface area (Å²) in [7, 11) is 0. The average molecular weight is 358 g/mol. The van der Waals surface area contributed by atoms with Gasteiger partial charge in [0.2, 0.25) is 0 Å². The Morgan fingerprint density at radius 1 is 0.926 bits per heavy atom. The Labute approximate surface area is 157 Å². The molecule has 1 saturated heterocycles. The van der Waals surface area contributed by atoms with Gasteiger partial charge in [-0.15, -0.1) is 0 Å². The third-order valence-corrected chi connectivity index (χ3v) is 5.73. The molecule has 0 radical (unpaired) electrons. The minimum Gasteiger partial charge on any atom is -0.408 e. The molecular formula is C23H22N2O2. The van der Waals surface area contributed by atoms with Crippen LogP contribution in [0.2, 0.25) is 0 Å². The van der Waals surface area contributed by atoms with Crippen molar-refractivity contribution in [3.8, 4) is 0 Å². The SMILES string of the molecule is O=c1oc2ccccc2n1CCN1CCCC1c1cccc2ccccc12. The summed E-state index contributed by atoms with van der Waals surface area (Å²) < 4.78 is 7.13. The smallest absolute Gasteiger partial charge is 0.408 e. The van der Waals surface area contributed by atoms with Gasteiger partial charge in [0.25, 0.3) is 0 Å². The zero-order chi connectivity index (χ0) is 18.2. The summed E-state index contributed by atoms with van der Waals surface area (Å²) in [6, 6.07) is 23.2. The summed E-state index contributed by atoms with van der Waals surface area (Å²) in [4.78, 5) is 14.8. The second-order valence-corrected chi connectivity index (χ2v) is 7.25. The number of hydrogen-bond acceptors (Lipinski definition) is 3. The van der Waals surface area contributed by atoms with E-state index in [0.29, 0.717) is 18.2 Å². The summed E-state index contributed by atoms with van der Waals surface area (Å²) in [6.45, 7) is 2.56. The Hall–Kier alpha value is -2.85. The third kappa shape index (κ3) is 2.86. The van der Waals surface area contributed by atoms with E-state index < -0.39 is 0 Å². The van der Waals surface area contributed by atoms with Crippen molar-refractivity contribution in [1.82, 2.24) is 9.47 Å². The highest BCUT2D eigenvalue weighted by atomic mass is 16.4. The van der Waals surface area contributed by atoms with Crippen molar-refractivity contribution in [2.45, 2.75) is 25.4 Å². The monoisotopic (exact) mass is 358 g/mol. The molecule has 1 aliphatic heterocycles. The van der Waals surface area contributed by atoms with E-state index in [0.717, 1.165) is 25.0 Å². The number of likely N-dealkylation sites (tertiary alicyclic amines) is 1. The molecule has 2 heterocycles. The molecule has 1 aromatic heterocycles. The van der Waals surface area contributed by atoms with Crippen molar-refractivity contribution in [2.75, 3.05) is 13.1 Å². The Kier molecular flexibility index (Phi) is 4.06. The minimum absolute atomic E-state index is 0.267. The van der Waals surface area contributed by atoms with Crippen LogP contribution in [-0.2, 0) is 6.54 Å². The molecule has 0 spiro atoms. The van der Waals surface area contributed by atoms with E-state index in [1.165, 1.54) is 22.8 Å². The fourth-order valence-electron chi connectivity index (χ4n) is 4.44. The van der Waals surface area contributed by atoms with Crippen molar-refractivity contribution in [2.24, 2.45) is 0 Å². The normalized spacial score (nSPS) is 17.9. The van der Waals surface area contributed by atoms with Gasteiger partial charge in [-0.3, -0.25) is 9.47 Å². The lowest BCUT2D eigenvalue weighted by molar-refractivity contribution is 0.246. The number of hydrogen-bond donors (Lipinski definition) is 0. The first-order valence-corrected chi connectivity index (χ1v) is 9.61. The van der Waals surface area contributed by atoms with Crippen molar-refractivity contribution in [3.05, 3.63) is 82.8 Å². The molecular weight excluding hydrogens is 336 g/mol. The van der Waals surface area contributed by atoms with Gasteiger partial charge in [0.1, 0.15) is 0 Å². The molecule has 1 atom stereocenters. The molecule has 4 nitrogen and oxygen atoms in total. The van der Waals surface area contributed by atoms with Gasteiger partial charge in [-0.2, -0.15) is 0 Å². The van der Waals surface area contributed by atoms with Crippen molar-refractivity contribution in [1.29, 1.82) is 0 Å². The number of rotatable bonds is 4. The first kappa shape index (κ1) is 16.3. The van der Waals surface area contributed by atoms with Crippen molar-refractivity contribution < 1.29 is 4.42 Å². The molecule has 0 N–H and O–H groups in total. The van der Waals surface area contributed by atoms with Crippen LogP contribution in [0.15, 0.2) is 75.9 Å². The van der Waals surface area contributed by atoms with E-state index >= 15 is 0 Å². The molecule has 27 heavy (non-hydrogen) atoms. The second kappa shape index (κ2) is 6.71. The van der Waals surface area contributed by atoms with E-state index in [2.05, 4.69) is 47.4 Å². The van der Waals surface area contributed by atoms with Crippen LogP contribution in [-0.4, -0.2) is 22.6 Å². The quantitative estimate of drug-likeness (QED) is 0.536. The molecule has 136 valence electrons. The Morgan fingerprint density at radius 2 is 1.74 bits per heavy atom. The largest absolute Gasteiger partial charge is 0.419 e. The molecule has 0 aliphatic carbocycles. The zero-order valence-electron chi connectivity index (χ0n) is 15.2. The van der Waals surface area contributed by atoms with E-state index in [4.69, 9.17) is 4.42 Å². The summed E-state index contributed by atoms with van der Waals surface area (Å²) >= 11 is 0. The predicted molar refractivity (Wildman–Crippen MR) is 108 cm³/mol. The van der Waals surface area contributed by atoms with E-state index in [1.807, 2.05) is 24.3 Å². The van der Waals surface area contributed by atoms with Gasteiger partial charge in [0.15, 0.2) is 5.58 Å². The number of nitrogens with zero attached hydrogens (tertiary/aromatic N) is 2. The van der Waals surface area contributed by atoms with E-state index in [-0.39, 0.29) is 5.76 Å². The van der Waals surface area contributed by atoms with Crippen LogP contribution in [0.5, 0.6) is 0 Å². The molecule has 0 saturated carbocycles. The summed E-state index contributed by atoms with van der Waals surface area (Å²) in [5, 5.41) is 2.63. The number of aromatic nitrogens is 1. The van der Waals surface area contributed by atoms with Gasteiger partial charge >= 0.3 is 5.76 Å². The minimum atomic E-state index is -0.267. The number of benzene rings is 3. The van der Waals surface area contributed by atoms with Crippen LogP contribution >= 0.6 is 0 Å². The van der Waals surface area contributed by atoms with Gasteiger partial charge in [0, 0.05) is 19.1 Å². The summed E-state index contributed by atoms with van der Waals surface area (Å²) in [5.41, 5.74) is 2.94. The Bertz CT molecular complexity index is 1150. The van der Waals surface area contributed by atoms with Gasteiger partial charge < -0.3 is 4.42 Å². The lowest BCUT2D eigenvalue weighted by Gasteiger charge is -2.26. The molecule has 3 aromatic carbocycles. The van der Waals surface area contributed by atoms with Gasteiger partial charge in [-0.1, -0.05) is 54.6 Å². The fraction of sp³-hybridized carbons (Fsp3) is 0.261. The molecule has 1 fully saturated rings. The Morgan fingerprint density at radius 3 is 2.70 bits per heavy atom. The van der Waals surface area contributed by atoms with Crippen molar-refractivity contribution >= 4 is 21.9 Å². The van der Waals surface area contributed by atoms with Crippen LogP contribution in [0.1, 0.15) is 24.4 Å². The summed E-state index contributed by atoms with van der Waals surface area (Å²) in [6.07, 6.45) is 2.35. The maximum Gasteiger partial charge on any atom is 0.419 e. The van der Waals surface area contributed by atoms with Crippen LogP contribution in [0.25, 0.3) is 21.9 Å². The van der Waals surface area contributed by atoms with Crippen molar-refractivity contribution in [3.63, 3.8) is 0 Å². The molecule has 0 amide bonds. The van der Waals surface area contributed by atoms with E-state index in [1.54, 1.807) is 4.57 Å². The second-order valence-electron chi connectivity index (χ2n) is 7.25. The van der Waals surface area contributed by atoms with Crippen LogP contribution in [0.4, 0.5) is 0 Å².